The van der Waals surface area contributed by atoms with Crippen molar-refractivity contribution in [2.45, 2.75) is 98.5 Å². The predicted octanol–water partition coefficient (Wildman–Crippen LogP) is 9.23. The van der Waals surface area contributed by atoms with Crippen LogP contribution in [0.4, 0.5) is 18.9 Å². The highest BCUT2D eigenvalue weighted by Gasteiger charge is 2.34. The monoisotopic (exact) mass is 585 g/mol. The minimum absolute atomic E-state index is 0.0202. The summed E-state index contributed by atoms with van der Waals surface area (Å²) in [5, 5.41) is 4.94. The molecule has 2 heterocycles. The topological polar surface area (TPSA) is 68.0 Å². The maximum atomic E-state index is 13.2. The fourth-order valence-electron chi connectivity index (χ4n) is 3.70. The molecular weight excluding hydrogens is 552 g/mol. The number of carbonyl (C=O) groups is 1. The lowest BCUT2D eigenvalue weighted by atomic mass is 10.1. The molecule has 0 aliphatic carbocycles. The largest absolute Gasteiger partial charge is 0.431 e. The summed E-state index contributed by atoms with van der Waals surface area (Å²) in [6.45, 7) is 10.5. The van der Waals surface area contributed by atoms with Crippen LogP contribution in [0.5, 0.6) is 0 Å². The van der Waals surface area contributed by atoms with Crippen LogP contribution >= 0.6 is 35.3 Å². The van der Waals surface area contributed by atoms with Crippen LogP contribution in [-0.2, 0) is 11.0 Å². The van der Waals surface area contributed by atoms with Crippen molar-refractivity contribution in [1.82, 2.24) is 9.97 Å². The van der Waals surface area contributed by atoms with Gasteiger partial charge in [-0.2, -0.15) is 13.2 Å². The molecule has 1 aromatic carbocycles. The van der Waals surface area contributed by atoms with Crippen LogP contribution in [0.1, 0.15) is 71.1 Å². The lowest BCUT2D eigenvalue weighted by molar-refractivity contribution is -0.136. The van der Waals surface area contributed by atoms with Crippen LogP contribution in [0.25, 0.3) is 11.1 Å². The third kappa shape index (κ3) is 9.12. The van der Waals surface area contributed by atoms with E-state index in [0.29, 0.717) is 22.7 Å². The Bertz CT molecular complexity index is 1200. The quantitative estimate of drug-likeness (QED) is 0.158. The number of nitrogens with zero attached hydrogens (tertiary/aromatic N) is 2. The van der Waals surface area contributed by atoms with Crippen molar-refractivity contribution in [3.8, 4) is 0 Å². The lowest BCUT2D eigenvalue weighted by Gasteiger charge is -2.18. The molecule has 3 rings (SSSR count). The van der Waals surface area contributed by atoms with Crippen molar-refractivity contribution in [2.24, 2.45) is 0 Å². The van der Waals surface area contributed by atoms with Gasteiger partial charge in [0, 0.05) is 33.3 Å². The van der Waals surface area contributed by atoms with E-state index >= 15 is 0 Å². The average Bonchev–Trinajstić information content (AvgIpc) is 3.22. The first kappa shape index (κ1) is 30.7. The van der Waals surface area contributed by atoms with Gasteiger partial charge in [0.05, 0.1) is 5.69 Å². The molecule has 0 radical (unpaired) electrons. The molecule has 38 heavy (non-hydrogen) atoms. The van der Waals surface area contributed by atoms with Gasteiger partial charge in [0.1, 0.15) is 16.1 Å². The maximum Gasteiger partial charge on any atom is 0.420 e. The lowest BCUT2D eigenvalue weighted by Crippen LogP contribution is -2.14. The second-order valence-corrected chi connectivity index (χ2v) is 13.7. The van der Waals surface area contributed by atoms with E-state index in [1.807, 2.05) is 13.0 Å². The molecule has 1 N–H and O–H groups in total. The summed E-state index contributed by atoms with van der Waals surface area (Å²) in [7, 11) is 0. The van der Waals surface area contributed by atoms with Crippen LogP contribution in [0, 0.1) is 6.92 Å². The number of amides is 1. The first-order chi connectivity index (χ1) is 17.9. The highest BCUT2D eigenvalue weighted by molar-refractivity contribution is 8.01. The molecule has 0 atom stereocenters. The van der Waals surface area contributed by atoms with Gasteiger partial charge < -0.3 is 9.73 Å². The van der Waals surface area contributed by atoms with Crippen LogP contribution in [0.2, 0.25) is 0 Å². The summed E-state index contributed by atoms with van der Waals surface area (Å²) >= 11 is 4.68. The van der Waals surface area contributed by atoms with E-state index in [4.69, 9.17) is 4.42 Å². The molecule has 2 aromatic heterocycles. The number of carbonyl (C=O) groups excluding carboxylic acids is 1. The number of fused-ring (bicyclic) bond motifs is 1. The van der Waals surface area contributed by atoms with Crippen molar-refractivity contribution >= 4 is 58.0 Å². The predicted molar refractivity (Wildman–Crippen MR) is 152 cm³/mol. The summed E-state index contributed by atoms with van der Waals surface area (Å²) in [5.41, 5.74) is 0.926. The first-order valence-electron chi connectivity index (χ1n) is 12.7. The van der Waals surface area contributed by atoms with Crippen molar-refractivity contribution < 1.29 is 22.4 Å². The normalized spacial score (nSPS) is 12.2. The van der Waals surface area contributed by atoms with Gasteiger partial charge >= 0.3 is 6.18 Å². The molecule has 3 aromatic rings. The van der Waals surface area contributed by atoms with Gasteiger partial charge in [-0.25, -0.2) is 9.97 Å². The number of pyridine rings is 1. The number of aryl methyl sites for hydroxylation is 1. The second kappa shape index (κ2) is 14.0. The number of para-hydroxylation sites is 1. The zero-order valence-corrected chi connectivity index (χ0v) is 24.7. The number of unbranched alkanes of at least 4 members (excludes halogenated alkanes) is 3. The standard InChI is InChI=1S/C27H34F3N3O2S3/c1-16(2)37-21-15-18(5)31-25(38-17(3)4)23(21)33-22(34)13-8-6-7-9-14-36-26-32-20-12-10-11-19(24(20)35-26)27(28,29)30/h10-12,15-17H,6-9,13-14H2,1-5H3,(H,33,34). The molecule has 0 aliphatic rings. The fraction of sp³-hybridized carbons (Fsp3) is 0.519. The molecule has 0 bridgehead atoms. The molecule has 1 amide bonds. The molecule has 208 valence electrons. The first-order valence-corrected chi connectivity index (χ1v) is 15.4. The highest BCUT2D eigenvalue weighted by Crippen LogP contribution is 2.39. The van der Waals surface area contributed by atoms with Crippen molar-refractivity contribution in [3.63, 3.8) is 0 Å². The van der Waals surface area contributed by atoms with E-state index in [1.54, 1.807) is 23.5 Å². The number of hydrogen-bond acceptors (Lipinski definition) is 7. The molecule has 5 nitrogen and oxygen atoms in total. The Morgan fingerprint density at radius 1 is 1.03 bits per heavy atom. The highest BCUT2D eigenvalue weighted by atomic mass is 32.2. The van der Waals surface area contributed by atoms with Crippen LogP contribution < -0.4 is 5.32 Å². The Morgan fingerprint density at radius 2 is 1.74 bits per heavy atom. The molecular formula is C27H34F3N3O2S3. The van der Waals surface area contributed by atoms with E-state index in [2.05, 4.69) is 43.0 Å². The number of anilines is 1. The van der Waals surface area contributed by atoms with E-state index in [9.17, 15) is 18.0 Å². The smallest absolute Gasteiger partial charge is 0.420 e. The van der Waals surface area contributed by atoms with E-state index in [0.717, 1.165) is 53.1 Å². The SMILES string of the molecule is Cc1cc(SC(C)C)c(NC(=O)CCCCCCSc2nc3cccc(C(F)(F)F)c3o2)c(SC(C)C)n1. The Morgan fingerprint density at radius 3 is 2.42 bits per heavy atom. The van der Waals surface area contributed by atoms with Crippen LogP contribution in [0.15, 0.2) is 43.8 Å². The molecule has 11 heteroatoms. The molecule has 0 saturated carbocycles. The zero-order chi connectivity index (χ0) is 27.9. The van der Waals surface area contributed by atoms with Crippen molar-refractivity contribution in [1.29, 1.82) is 0 Å². The number of hydrogen-bond donors (Lipinski definition) is 1. The Labute approximate surface area is 234 Å². The summed E-state index contributed by atoms with van der Waals surface area (Å²) < 4.78 is 44.9. The number of alkyl halides is 3. The van der Waals surface area contributed by atoms with Gasteiger partial charge in [0.2, 0.25) is 5.91 Å². The van der Waals surface area contributed by atoms with Crippen LogP contribution in [-0.4, -0.2) is 32.1 Å². The van der Waals surface area contributed by atoms with E-state index in [1.165, 1.54) is 23.9 Å². The van der Waals surface area contributed by atoms with Crippen molar-refractivity contribution in [2.75, 3.05) is 11.1 Å². The molecule has 0 aliphatic heterocycles. The summed E-state index contributed by atoms with van der Waals surface area (Å²) in [6, 6.07) is 5.89. The summed E-state index contributed by atoms with van der Waals surface area (Å²) in [4.78, 5) is 22.7. The van der Waals surface area contributed by atoms with Crippen molar-refractivity contribution in [3.05, 3.63) is 35.5 Å². The number of rotatable bonds is 13. The average molecular weight is 586 g/mol. The number of benzene rings is 1. The van der Waals surface area contributed by atoms with E-state index < -0.39 is 11.7 Å². The third-order valence-electron chi connectivity index (χ3n) is 5.28. The zero-order valence-electron chi connectivity index (χ0n) is 22.3. The van der Waals surface area contributed by atoms with Gasteiger partial charge in [-0.1, -0.05) is 58.4 Å². The fourth-order valence-corrected chi connectivity index (χ4v) is 6.53. The molecule has 0 unspecified atom stereocenters. The maximum absolute atomic E-state index is 13.2. The minimum atomic E-state index is -4.48. The van der Waals surface area contributed by atoms with E-state index in [-0.39, 0.29) is 22.2 Å². The Balaban J connectivity index is 1.45. The summed E-state index contributed by atoms with van der Waals surface area (Å²) in [5.74, 6) is 0.661. The molecule has 0 spiro atoms. The van der Waals surface area contributed by atoms with Gasteiger partial charge in [-0.15, -0.1) is 23.5 Å². The second-order valence-electron chi connectivity index (χ2n) is 9.47. The number of thioether (sulfide) groups is 3. The van der Waals surface area contributed by atoms with Crippen LogP contribution in [0.3, 0.4) is 0 Å². The molecule has 0 saturated heterocycles. The number of oxazole rings is 1. The minimum Gasteiger partial charge on any atom is -0.431 e. The van der Waals surface area contributed by atoms with Gasteiger partial charge in [-0.3, -0.25) is 4.79 Å². The Hall–Kier alpha value is -1.85. The van der Waals surface area contributed by atoms with Gasteiger partial charge in [-0.05, 0) is 38.0 Å². The third-order valence-corrected chi connectivity index (χ3v) is 8.23. The number of halogens is 3. The number of nitrogens with one attached hydrogen (secondary N) is 1. The summed E-state index contributed by atoms with van der Waals surface area (Å²) in [6.07, 6.45) is -0.663. The van der Waals surface area contributed by atoms with Gasteiger partial charge in [0.15, 0.2) is 5.58 Å². The Kier molecular flexibility index (Phi) is 11.3. The molecule has 0 fully saturated rings. The van der Waals surface area contributed by atoms with Gasteiger partial charge in [0.25, 0.3) is 5.22 Å². The number of aromatic nitrogens is 2.